The van der Waals surface area contributed by atoms with E-state index in [1.165, 1.54) is 6.92 Å². The standard InChI is InChI=1S/C19H21NO3/c1-12-9-13(2)19(14(3)10-12)23-18(22)11-16-5-7-17(8-6-16)20-15(4)21/h5-10H,11H2,1-4H3,(H,20,21). The molecule has 0 unspecified atom stereocenters. The molecule has 0 atom stereocenters. The molecule has 1 amide bonds. The van der Waals surface area contributed by atoms with Gasteiger partial charge in [0.2, 0.25) is 5.91 Å². The number of benzene rings is 2. The molecule has 0 aliphatic carbocycles. The van der Waals surface area contributed by atoms with E-state index >= 15 is 0 Å². The number of esters is 1. The summed E-state index contributed by atoms with van der Waals surface area (Å²) in [6.07, 6.45) is 0.188. The first kappa shape index (κ1) is 16.7. The normalized spacial score (nSPS) is 10.3. The van der Waals surface area contributed by atoms with Crippen molar-refractivity contribution in [3.8, 4) is 5.75 Å². The van der Waals surface area contributed by atoms with Crippen LogP contribution in [0.15, 0.2) is 36.4 Å². The molecule has 0 heterocycles. The number of carbonyl (C=O) groups is 2. The fourth-order valence-corrected chi connectivity index (χ4v) is 2.55. The number of rotatable bonds is 4. The first-order valence-electron chi connectivity index (χ1n) is 7.50. The second-order valence-electron chi connectivity index (χ2n) is 5.76. The van der Waals surface area contributed by atoms with Crippen molar-refractivity contribution >= 4 is 17.6 Å². The molecular weight excluding hydrogens is 290 g/mol. The van der Waals surface area contributed by atoms with Gasteiger partial charge in [-0.05, 0) is 49.6 Å². The topological polar surface area (TPSA) is 55.4 Å². The third-order valence-corrected chi connectivity index (χ3v) is 3.44. The number of anilines is 1. The molecule has 2 rings (SSSR count). The lowest BCUT2D eigenvalue weighted by Crippen LogP contribution is -2.13. The minimum absolute atomic E-state index is 0.123. The zero-order valence-electron chi connectivity index (χ0n) is 13.9. The molecule has 0 aliphatic heterocycles. The molecule has 0 bridgehead atoms. The number of hydrogen-bond acceptors (Lipinski definition) is 3. The van der Waals surface area contributed by atoms with Gasteiger partial charge in [0.1, 0.15) is 5.75 Å². The van der Waals surface area contributed by atoms with Gasteiger partial charge in [0, 0.05) is 12.6 Å². The zero-order chi connectivity index (χ0) is 17.0. The Kier molecular flexibility index (Phi) is 5.16. The maximum atomic E-state index is 12.1. The number of ether oxygens (including phenoxy) is 1. The summed E-state index contributed by atoms with van der Waals surface area (Å²) in [7, 11) is 0. The first-order chi connectivity index (χ1) is 10.8. The molecule has 1 N–H and O–H groups in total. The summed E-state index contributed by atoms with van der Waals surface area (Å²) in [5.74, 6) is 0.213. The van der Waals surface area contributed by atoms with Crippen molar-refractivity contribution in [3.63, 3.8) is 0 Å². The van der Waals surface area contributed by atoms with Crippen LogP contribution in [-0.4, -0.2) is 11.9 Å². The van der Waals surface area contributed by atoms with Crippen LogP contribution in [-0.2, 0) is 16.0 Å². The first-order valence-corrected chi connectivity index (χ1v) is 7.50. The SMILES string of the molecule is CC(=O)Nc1ccc(CC(=O)Oc2c(C)cc(C)cc2C)cc1. The lowest BCUT2D eigenvalue weighted by molar-refractivity contribution is -0.133. The van der Waals surface area contributed by atoms with E-state index in [1.54, 1.807) is 24.3 Å². The fourth-order valence-electron chi connectivity index (χ4n) is 2.55. The van der Waals surface area contributed by atoms with Gasteiger partial charge < -0.3 is 10.1 Å². The largest absolute Gasteiger partial charge is 0.426 e. The van der Waals surface area contributed by atoms with Gasteiger partial charge in [0.25, 0.3) is 0 Å². The minimum atomic E-state index is -0.299. The molecule has 0 aliphatic rings. The smallest absolute Gasteiger partial charge is 0.315 e. The summed E-state index contributed by atoms with van der Waals surface area (Å²) in [4.78, 5) is 23.1. The predicted octanol–water partition coefficient (Wildman–Crippen LogP) is 3.72. The Hall–Kier alpha value is -2.62. The van der Waals surface area contributed by atoms with E-state index in [0.717, 1.165) is 22.3 Å². The van der Waals surface area contributed by atoms with Crippen LogP contribution in [0.1, 0.15) is 29.2 Å². The average molecular weight is 311 g/mol. The van der Waals surface area contributed by atoms with Crippen molar-refractivity contribution in [3.05, 3.63) is 58.7 Å². The molecule has 0 fully saturated rings. The predicted molar refractivity (Wildman–Crippen MR) is 90.7 cm³/mol. The summed E-state index contributed by atoms with van der Waals surface area (Å²) in [5.41, 5.74) is 4.61. The van der Waals surface area contributed by atoms with Gasteiger partial charge >= 0.3 is 5.97 Å². The van der Waals surface area contributed by atoms with Crippen LogP contribution >= 0.6 is 0 Å². The van der Waals surface area contributed by atoms with Gasteiger partial charge in [-0.15, -0.1) is 0 Å². The van der Waals surface area contributed by atoms with Crippen molar-refractivity contribution in [1.82, 2.24) is 0 Å². The molecule has 0 aromatic heterocycles. The average Bonchev–Trinajstić information content (AvgIpc) is 2.44. The Morgan fingerprint density at radius 2 is 1.57 bits per heavy atom. The minimum Gasteiger partial charge on any atom is -0.426 e. The Labute approximate surface area is 136 Å². The molecule has 4 heteroatoms. The third-order valence-electron chi connectivity index (χ3n) is 3.44. The second kappa shape index (κ2) is 7.09. The third kappa shape index (κ3) is 4.68. The molecule has 0 spiro atoms. The maximum Gasteiger partial charge on any atom is 0.315 e. The van der Waals surface area contributed by atoms with Crippen molar-refractivity contribution < 1.29 is 14.3 Å². The summed E-state index contributed by atoms with van der Waals surface area (Å²) >= 11 is 0. The molecular formula is C19H21NO3. The van der Waals surface area contributed by atoms with Crippen LogP contribution in [0.5, 0.6) is 5.75 Å². The molecule has 2 aromatic rings. The second-order valence-corrected chi connectivity index (χ2v) is 5.76. The Balaban J connectivity index is 2.04. The number of amides is 1. The highest BCUT2D eigenvalue weighted by Crippen LogP contribution is 2.25. The monoisotopic (exact) mass is 311 g/mol. The van der Waals surface area contributed by atoms with E-state index in [-0.39, 0.29) is 18.3 Å². The van der Waals surface area contributed by atoms with E-state index in [4.69, 9.17) is 4.74 Å². The molecule has 0 saturated heterocycles. The summed E-state index contributed by atoms with van der Waals surface area (Å²) in [5, 5.41) is 2.69. The van der Waals surface area contributed by atoms with Crippen molar-refractivity contribution in [2.75, 3.05) is 5.32 Å². The molecule has 4 nitrogen and oxygen atoms in total. The highest BCUT2D eigenvalue weighted by molar-refractivity contribution is 5.88. The summed E-state index contributed by atoms with van der Waals surface area (Å²) < 4.78 is 5.52. The molecule has 23 heavy (non-hydrogen) atoms. The van der Waals surface area contributed by atoms with Gasteiger partial charge in [-0.25, -0.2) is 0 Å². The van der Waals surface area contributed by atoms with Crippen LogP contribution < -0.4 is 10.1 Å². The molecule has 0 radical (unpaired) electrons. The van der Waals surface area contributed by atoms with Crippen LogP contribution in [0.25, 0.3) is 0 Å². The van der Waals surface area contributed by atoms with Crippen molar-refractivity contribution in [2.45, 2.75) is 34.1 Å². The van der Waals surface area contributed by atoms with Gasteiger partial charge in [0.05, 0.1) is 6.42 Å². The van der Waals surface area contributed by atoms with Gasteiger partial charge in [-0.3, -0.25) is 9.59 Å². The van der Waals surface area contributed by atoms with E-state index in [9.17, 15) is 9.59 Å². The Bertz CT molecular complexity index is 710. The fraction of sp³-hybridized carbons (Fsp3) is 0.263. The molecule has 120 valence electrons. The lowest BCUT2D eigenvalue weighted by atomic mass is 10.1. The van der Waals surface area contributed by atoms with Gasteiger partial charge in [-0.2, -0.15) is 0 Å². The van der Waals surface area contributed by atoms with E-state index in [1.807, 2.05) is 32.9 Å². The van der Waals surface area contributed by atoms with Crippen molar-refractivity contribution in [1.29, 1.82) is 0 Å². The highest BCUT2D eigenvalue weighted by Gasteiger charge is 2.11. The highest BCUT2D eigenvalue weighted by atomic mass is 16.5. The van der Waals surface area contributed by atoms with Gasteiger partial charge in [0.15, 0.2) is 0 Å². The van der Waals surface area contributed by atoms with Gasteiger partial charge in [-0.1, -0.05) is 29.8 Å². The van der Waals surface area contributed by atoms with Crippen LogP contribution in [0.4, 0.5) is 5.69 Å². The molecule has 0 saturated carbocycles. The lowest BCUT2D eigenvalue weighted by Gasteiger charge is -2.12. The number of aryl methyl sites for hydroxylation is 3. The summed E-state index contributed by atoms with van der Waals surface area (Å²) in [6, 6.07) is 11.2. The van der Waals surface area contributed by atoms with Crippen LogP contribution in [0, 0.1) is 20.8 Å². The van der Waals surface area contributed by atoms with E-state index in [2.05, 4.69) is 5.32 Å². The summed E-state index contributed by atoms with van der Waals surface area (Å²) in [6.45, 7) is 7.34. The van der Waals surface area contributed by atoms with Crippen LogP contribution in [0.3, 0.4) is 0 Å². The molecule has 2 aromatic carbocycles. The van der Waals surface area contributed by atoms with Crippen LogP contribution in [0.2, 0.25) is 0 Å². The van der Waals surface area contributed by atoms with E-state index in [0.29, 0.717) is 11.4 Å². The number of hydrogen-bond donors (Lipinski definition) is 1. The number of nitrogens with one attached hydrogen (secondary N) is 1. The zero-order valence-corrected chi connectivity index (χ0v) is 13.9. The van der Waals surface area contributed by atoms with Crippen molar-refractivity contribution in [2.24, 2.45) is 0 Å². The maximum absolute atomic E-state index is 12.1. The quantitative estimate of drug-likeness (QED) is 0.691. The Morgan fingerprint density at radius 3 is 2.09 bits per heavy atom. The van der Waals surface area contributed by atoms with E-state index < -0.39 is 0 Å². The Morgan fingerprint density at radius 1 is 1.00 bits per heavy atom. The number of carbonyl (C=O) groups excluding carboxylic acids is 2.